The van der Waals surface area contributed by atoms with Crippen LogP contribution >= 0.6 is 11.3 Å². The van der Waals surface area contributed by atoms with E-state index >= 15 is 0 Å². The average Bonchev–Trinajstić information content (AvgIpc) is 2.94. The third-order valence-corrected chi connectivity index (χ3v) is 5.62. The molecular weight excluding hydrogens is 313 g/mol. The highest BCUT2D eigenvalue weighted by molar-refractivity contribution is 7.89. The monoisotopic (exact) mass is 329 g/mol. The van der Waals surface area contributed by atoms with Crippen LogP contribution in [0.25, 0.3) is 0 Å². The lowest BCUT2D eigenvalue weighted by atomic mass is 10.2. The fraction of sp³-hybridized carbons (Fsp3) is 0.286. The lowest BCUT2D eigenvalue weighted by molar-refractivity contribution is 0.281. The molecule has 4 nitrogen and oxygen atoms in total. The van der Waals surface area contributed by atoms with Gasteiger partial charge in [-0.1, -0.05) is 13.0 Å². The van der Waals surface area contributed by atoms with E-state index in [1.165, 1.54) is 17.4 Å². The number of thiophene rings is 1. The molecule has 0 aliphatic heterocycles. The summed E-state index contributed by atoms with van der Waals surface area (Å²) in [6.45, 7) is 1.80. The van der Waals surface area contributed by atoms with E-state index in [9.17, 15) is 12.8 Å². The van der Waals surface area contributed by atoms with Crippen molar-refractivity contribution in [1.82, 2.24) is 4.72 Å². The standard InChI is InChI=1S/C14H16FNO3S2/c1-2-11-4-5-12(20-11)8-16-21(18,19)14-7-10(9-17)3-6-13(14)15/h3-7,16-17H,2,8-9H2,1H3. The number of aliphatic hydroxyl groups is 1. The second kappa shape index (κ2) is 6.65. The van der Waals surface area contributed by atoms with E-state index in [2.05, 4.69) is 4.72 Å². The maximum absolute atomic E-state index is 13.7. The Labute approximate surface area is 127 Å². The summed E-state index contributed by atoms with van der Waals surface area (Å²) in [4.78, 5) is 1.59. The quantitative estimate of drug-likeness (QED) is 0.855. The molecule has 1 aromatic heterocycles. The van der Waals surface area contributed by atoms with Crippen molar-refractivity contribution < 1.29 is 17.9 Å². The molecule has 21 heavy (non-hydrogen) atoms. The molecule has 0 saturated carbocycles. The summed E-state index contributed by atoms with van der Waals surface area (Å²) in [6, 6.07) is 7.33. The number of halogens is 1. The highest BCUT2D eigenvalue weighted by Crippen LogP contribution is 2.19. The van der Waals surface area contributed by atoms with E-state index < -0.39 is 20.7 Å². The first-order valence-corrected chi connectivity index (χ1v) is 8.72. The van der Waals surface area contributed by atoms with Crippen LogP contribution in [-0.2, 0) is 29.6 Å². The minimum atomic E-state index is -3.95. The number of aliphatic hydroxyl groups excluding tert-OH is 1. The molecule has 0 unspecified atom stereocenters. The summed E-state index contributed by atoms with van der Waals surface area (Å²) in [5.41, 5.74) is 0.348. The van der Waals surface area contributed by atoms with Crippen molar-refractivity contribution in [2.75, 3.05) is 0 Å². The van der Waals surface area contributed by atoms with Gasteiger partial charge in [-0.05, 0) is 36.2 Å². The molecule has 0 bridgehead atoms. The molecule has 0 aliphatic carbocycles. The molecular formula is C14H16FNO3S2. The van der Waals surface area contributed by atoms with Crippen LogP contribution in [0.15, 0.2) is 35.2 Å². The Morgan fingerprint density at radius 1 is 1.24 bits per heavy atom. The maximum atomic E-state index is 13.7. The predicted molar refractivity (Wildman–Crippen MR) is 80.0 cm³/mol. The molecule has 0 aliphatic rings. The van der Waals surface area contributed by atoms with Gasteiger partial charge in [0.15, 0.2) is 0 Å². The van der Waals surface area contributed by atoms with Crippen LogP contribution in [0.5, 0.6) is 0 Å². The van der Waals surface area contributed by atoms with E-state index in [1.807, 2.05) is 19.1 Å². The number of rotatable bonds is 6. The predicted octanol–water partition coefficient (Wildman–Crippen LogP) is 2.42. The largest absolute Gasteiger partial charge is 0.392 e. The Bertz CT molecular complexity index is 726. The molecule has 0 spiro atoms. The Hall–Kier alpha value is -1.28. The van der Waals surface area contributed by atoms with E-state index in [-0.39, 0.29) is 13.2 Å². The Balaban J connectivity index is 2.18. The molecule has 0 atom stereocenters. The minimum Gasteiger partial charge on any atom is -0.392 e. The number of hydrogen-bond donors (Lipinski definition) is 2. The van der Waals surface area contributed by atoms with Crippen LogP contribution in [0.4, 0.5) is 4.39 Å². The molecule has 0 radical (unpaired) electrons. The van der Waals surface area contributed by atoms with Crippen molar-refractivity contribution in [3.05, 3.63) is 51.5 Å². The molecule has 2 aromatic rings. The van der Waals surface area contributed by atoms with Crippen LogP contribution in [0.1, 0.15) is 22.2 Å². The lowest BCUT2D eigenvalue weighted by Gasteiger charge is -2.08. The molecule has 2 N–H and O–H groups in total. The normalized spacial score (nSPS) is 11.8. The van der Waals surface area contributed by atoms with Gasteiger partial charge in [-0.25, -0.2) is 17.5 Å². The zero-order valence-electron chi connectivity index (χ0n) is 11.5. The number of sulfonamides is 1. The molecule has 0 saturated heterocycles. The van der Waals surface area contributed by atoms with Crippen molar-refractivity contribution in [3.8, 4) is 0 Å². The third kappa shape index (κ3) is 3.88. The Morgan fingerprint density at radius 2 is 1.95 bits per heavy atom. The van der Waals surface area contributed by atoms with Gasteiger partial charge in [0.05, 0.1) is 6.61 Å². The summed E-state index contributed by atoms with van der Waals surface area (Å²) in [5.74, 6) is -0.833. The van der Waals surface area contributed by atoms with Gasteiger partial charge in [-0.3, -0.25) is 0 Å². The fourth-order valence-corrected chi connectivity index (χ4v) is 3.92. The van der Waals surface area contributed by atoms with Gasteiger partial charge in [-0.2, -0.15) is 0 Å². The van der Waals surface area contributed by atoms with Gasteiger partial charge >= 0.3 is 0 Å². The first-order chi connectivity index (χ1) is 9.96. The van der Waals surface area contributed by atoms with Gasteiger partial charge in [0.2, 0.25) is 10.0 Å². The summed E-state index contributed by atoms with van der Waals surface area (Å²) in [5, 5.41) is 9.02. The molecule has 0 fully saturated rings. The summed E-state index contributed by atoms with van der Waals surface area (Å²) < 4.78 is 40.4. The van der Waals surface area contributed by atoms with Gasteiger partial charge in [0, 0.05) is 16.3 Å². The van der Waals surface area contributed by atoms with E-state index in [0.717, 1.165) is 28.3 Å². The van der Waals surface area contributed by atoms with Crippen molar-refractivity contribution in [1.29, 1.82) is 0 Å². The van der Waals surface area contributed by atoms with Crippen LogP contribution in [-0.4, -0.2) is 13.5 Å². The SMILES string of the molecule is CCc1ccc(CNS(=O)(=O)c2cc(CO)ccc2F)s1. The Kier molecular flexibility index (Phi) is 5.10. The average molecular weight is 329 g/mol. The van der Waals surface area contributed by atoms with Gasteiger partial charge in [0.1, 0.15) is 10.7 Å². The van der Waals surface area contributed by atoms with Gasteiger partial charge in [-0.15, -0.1) is 11.3 Å². The van der Waals surface area contributed by atoms with Crippen LogP contribution < -0.4 is 4.72 Å². The highest BCUT2D eigenvalue weighted by Gasteiger charge is 2.19. The van der Waals surface area contributed by atoms with Gasteiger partial charge < -0.3 is 5.11 Å². The molecule has 7 heteroatoms. The molecule has 1 aromatic carbocycles. The second-order valence-corrected chi connectivity index (χ2v) is 7.46. The first-order valence-electron chi connectivity index (χ1n) is 6.43. The molecule has 114 valence electrons. The van der Waals surface area contributed by atoms with Crippen molar-refractivity contribution in [2.45, 2.75) is 31.4 Å². The first kappa shape index (κ1) is 16.1. The topological polar surface area (TPSA) is 66.4 Å². The van der Waals surface area contributed by atoms with Crippen LogP contribution in [0, 0.1) is 5.82 Å². The fourth-order valence-electron chi connectivity index (χ4n) is 1.80. The van der Waals surface area contributed by atoms with Crippen LogP contribution in [0.2, 0.25) is 0 Å². The molecule has 1 heterocycles. The minimum absolute atomic E-state index is 0.121. The van der Waals surface area contributed by atoms with Crippen molar-refractivity contribution in [3.63, 3.8) is 0 Å². The zero-order valence-corrected chi connectivity index (χ0v) is 13.1. The Morgan fingerprint density at radius 3 is 2.57 bits per heavy atom. The smallest absolute Gasteiger partial charge is 0.243 e. The molecule has 2 rings (SSSR count). The summed E-state index contributed by atoms with van der Waals surface area (Å²) in [7, 11) is -3.95. The van der Waals surface area contributed by atoms with E-state index in [0.29, 0.717) is 5.56 Å². The van der Waals surface area contributed by atoms with Crippen molar-refractivity contribution in [2.24, 2.45) is 0 Å². The third-order valence-electron chi connectivity index (χ3n) is 2.97. The number of benzene rings is 1. The molecule has 0 amide bonds. The summed E-state index contributed by atoms with van der Waals surface area (Å²) in [6.07, 6.45) is 0.893. The van der Waals surface area contributed by atoms with Crippen molar-refractivity contribution >= 4 is 21.4 Å². The van der Waals surface area contributed by atoms with E-state index in [1.54, 1.807) is 0 Å². The highest BCUT2D eigenvalue weighted by atomic mass is 32.2. The number of nitrogens with one attached hydrogen (secondary N) is 1. The summed E-state index contributed by atoms with van der Waals surface area (Å²) >= 11 is 1.52. The van der Waals surface area contributed by atoms with Crippen LogP contribution in [0.3, 0.4) is 0 Å². The number of aryl methyl sites for hydroxylation is 1. The van der Waals surface area contributed by atoms with E-state index in [4.69, 9.17) is 5.11 Å². The van der Waals surface area contributed by atoms with Gasteiger partial charge in [0.25, 0.3) is 0 Å². The maximum Gasteiger partial charge on any atom is 0.243 e. The lowest BCUT2D eigenvalue weighted by Crippen LogP contribution is -2.24. The zero-order chi connectivity index (χ0) is 15.5. The number of hydrogen-bond acceptors (Lipinski definition) is 4. The second-order valence-electron chi connectivity index (χ2n) is 4.47.